The second kappa shape index (κ2) is 10.0. The zero-order valence-corrected chi connectivity index (χ0v) is 21.3. The fourth-order valence-corrected chi connectivity index (χ4v) is 4.64. The highest BCUT2D eigenvalue weighted by Gasteiger charge is 2.24. The summed E-state index contributed by atoms with van der Waals surface area (Å²) in [7, 11) is 1.60. The van der Waals surface area contributed by atoms with Gasteiger partial charge in [-0.05, 0) is 54.3 Å². The van der Waals surface area contributed by atoms with Crippen LogP contribution >= 0.6 is 11.8 Å². The Labute approximate surface area is 209 Å². The first-order chi connectivity index (χ1) is 16.7. The van der Waals surface area contributed by atoms with Crippen LogP contribution in [-0.2, 0) is 5.41 Å². The number of hydrogen-bond donors (Lipinski definition) is 0. The number of thioether (sulfide) groups is 1. The molecule has 0 N–H and O–H groups in total. The summed E-state index contributed by atoms with van der Waals surface area (Å²) in [5, 5.41) is 8.69. The van der Waals surface area contributed by atoms with E-state index < -0.39 is 11.1 Å². The molecule has 0 unspecified atom stereocenters. The maximum atomic E-state index is 14.9. The van der Waals surface area contributed by atoms with Crippen molar-refractivity contribution in [2.24, 2.45) is 0 Å². The van der Waals surface area contributed by atoms with E-state index in [0.29, 0.717) is 28.0 Å². The summed E-state index contributed by atoms with van der Waals surface area (Å²) in [6, 6.07) is 21.5. The number of para-hydroxylation sites is 1. The normalized spacial score (nSPS) is 12.4. The maximum absolute atomic E-state index is 14.9. The van der Waals surface area contributed by atoms with Crippen LogP contribution in [0.25, 0.3) is 17.1 Å². The lowest BCUT2D eigenvalue weighted by Crippen LogP contribution is -2.16. The standard InChI is InChI=1S/C28H28FN3O2S/c1-18(25(33)19-10-14-21(15-11-19)28(2,3)4)35-27-31-30-26(20-12-16-22(34-5)17-13-20)32(27)24-9-7-6-8-23(24)29/h6-18H,1-5H3/t18-/m0/s1. The Bertz CT molecular complexity index is 1330. The molecule has 0 spiro atoms. The zero-order valence-electron chi connectivity index (χ0n) is 20.4. The Balaban J connectivity index is 1.68. The van der Waals surface area contributed by atoms with Crippen LogP contribution in [0.2, 0.25) is 0 Å². The van der Waals surface area contributed by atoms with Crippen molar-refractivity contribution in [1.29, 1.82) is 0 Å². The Kier molecular flexibility index (Phi) is 7.08. The first-order valence-corrected chi connectivity index (χ1v) is 12.2. The SMILES string of the molecule is COc1ccc(-c2nnc(S[C@@H](C)C(=O)c3ccc(C(C)(C)C)cc3)n2-c2ccccc2F)cc1. The molecule has 1 aromatic heterocycles. The van der Waals surface area contributed by atoms with Gasteiger partial charge in [0.25, 0.3) is 0 Å². The van der Waals surface area contributed by atoms with E-state index in [1.54, 1.807) is 29.9 Å². The smallest absolute Gasteiger partial charge is 0.196 e. The minimum Gasteiger partial charge on any atom is -0.497 e. The Morgan fingerprint density at radius 3 is 2.23 bits per heavy atom. The molecule has 35 heavy (non-hydrogen) atoms. The zero-order chi connectivity index (χ0) is 25.2. The van der Waals surface area contributed by atoms with Gasteiger partial charge in [-0.25, -0.2) is 4.39 Å². The molecule has 5 nitrogen and oxygen atoms in total. The Morgan fingerprint density at radius 1 is 0.971 bits per heavy atom. The number of Topliss-reactive ketones (excluding diaryl/α,β-unsaturated/α-hetero) is 1. The van der Waals surface area contributed by atoms with Crippen molar-refractivity contribution >= 4 is 17.5 Å². The summed E-state index contributed by atoms with van der Waals surface area (Å²) in [5.74, 6) is 0.761. The van der Waals surface area contributed by atoms with Gasteiger partial charge in [0, 0.05) is 11.1 Å². The summed E-state index contributed by atoms with van der Waals surface area (Å²) < 4.78 is 21.8. The van der Waals surface area contributed by atoms with Gasteiger partial charge in [0.15, 0.2) is 16.8 Å². The van der Waals surface area contributed by atoms with Gasteiger partial charge < -0.3 is 4.74 Å². The fraction of sp³-hybridized carbons (Fsp3) is 0.250. The second-order valence-corrected chi connectivity index (χ2v) is 10.6. The molecule has 1 heterocycles. The molecule has 0 aliphatic heterocycles. The average molecular weight is 490 g/mol. The molecule has 0 aliphatic rings. The van der Waals surface area contributed by atoms with Crippen LogP contribution in [0.15, 0.2) is 78.0 Å². The number of benzene rings is 3. The van der Waals surface area contributed by atoms with E-state index in [1.165, 1.54) is 17.8 Å². The first-order valence-electron chi connectivity index (χ1n) is 11.3. The van der Waals surface area contributed by atoms with E-state index >= 15 is 0 Å². The minimum absolute atomic E-state index is 0.00990. The molecule has 0 radical (unpaired) electrons. The molecule has 0 aliphatic carbocycles. The van der Waals surface area contributed by atoms with Gasteiger partial charge in [0.05, 0.1) is 18.0 Å². The molecule has 0 amide bonds. The molecule has 180 valence electrons. The van der Waals surface area contributed by atoms with Crippen molar-refractivity contribution in [2.75, 3.05) is 7.11 Å². The molecular weight excluding hydrogens is 461 g/mol. The van der Waals surface area contributed by atoms with Gasteiger partial charge in [-0.3, -0.25) is 9.36 Å². The largest absolute Gasteiger partial charge is 0.497 e. The molecule has 0 saturated heterocycles. The first kappa shape index (κ1) is 24.7. The summed E-state index contributed by atoms with van der Waals surface area (Å²) >= 11 is 1.26. The summed E-state index contributed by atoms with van der Waals surface area (Å²) in [6.07, 6.45) is 0. The number of nitrogens with zero attached hydrogens (tertiary/aromatic N) is 3. The van der Waals surface area contributed by atoms with E-state index in [0.717, 1.165) is 11.1 Å². The van der Waals surface area contributed by atoms with Crippen LogP contribution in [0.5, 0.6) is 5.75 Å². The van der Waals surface area contributed by atoms with Gasteiger partial charge in [0.1, 0.15) is 11.6 Å². The monoisotopic (exact) mass is 489 g/mol. The summed E-state index contributed by atoms with van der Waals surface area (Å²) in [6.45, 7) is 8.24. The molecule has 0 bridgehead atoms. The third kappa shape index (κ3) is 5.30. The van der Waals surface area contributed by atoms with Gasteiger partial charge in [-0.2, -0.15) is 0 Å². The van der Waals surface area contributed by atoms with Crippen molar-refractivity contribution in [2.45, 2.75) is 43.5 Å². The van der Waals surface area contributed by atoms with E-state index in [1.807, 2.05) is 55.5 Å². The van der Waals surface area contributed by atoms with Crippen molar-refractivity contribution in [1.82, 2.24) is 14.8 Å². The molecule has 3 aromatic carbocycles. The number of carbonyl (C=O) groups excluding carboxylic acids is 1. The molecular formula is C28H28FN3O2S. The van der Waals surface area contributed by atoms with Crippen LogP contribution < -0.4 is 4.74 Å². The van der Waals surface area contributed by atoms with E-state index in [9.17, 15) is 9.18 Å². The predicted octanol–water partition coefficient (Wildman–Crippen LogP) is 6.74. The highest BCUT2D eigenvalue weighted by atomic mass is 32.2. The fourth-order valence-electron chi connectivity index (χ4n) is 3.70. The Morgan fingerprint density at radius 2 is 1.63 bits per heavy atom. The van der Waals surface area contributed by atoms with Crippen molar-refractivity contribution in [3.8, 4) is 22.8 Å². The van der Waals surface area contributed by atoms with Crippen LogP contribution in [0.3, 0.4) is 0 Å². The number of carbonyl (C=O) groups is 1. The quantitative estimate of drug-likeness (QED) is 0.212. The van der Waals surface area contributed by atoms with E-state index in [-0.39, 0.29) is 11.2 Å². The lowest BCUT2D eigenvalue weighted by molar-refractivity contribution is 0.0994. The lowest BCUT2D eigenvalue weighted by atomic mass is 9.86. The second-order valence-electron chi connectivity index (χ2n) is 9.27. The summed E-state index contributed by atoms with van der Waals surface area (Å²) in [4.78, 5) is 13.2. The molecule has 0 fully saturated rings. The third-order valence-electron chi connectivity index (χ3n) is 5.76. The van der Waals surface area contributed by atoms with Gasteiger partial charge >= 0.3 is 0 Å². The van der Waals surface area contributed by atoms with Crippen LogP contribution in [-0.4, -0.2) is 32.9 Å². The van der Waals surface area contributed by atoms with Gasteiger partial charge in [0.2, 0.25) is 0 Å². The number of hydrogen-bond acceptors (Lipinski definition) is 5. The van der Waals surface area contributed by atoms with Crippen molar-refractivity contribution < 1.29 is 13.9 Å². The highest BCUT2D eigenvalue weighted by molar-refractivity contribution is 8.00. The number of methoxy groups -OCH3 is 1. The van der Waals surface area contributed by atoms with Crippen molar-refractivity contribution in [3.63, 3.8) is 0 Å². The highest BCUT2D eigenvalue weighted by Crippen LogP contribution is 2.33. The van der Waals surface area contributed by atoms with Crippen molar-refractivity contribution in [3.05, 3.63) is 89.7 Å². The maximum Gasteiger partial charge on any atom is 0.196 e. The topological polar surface area (TPSA) is 57.0 Å². The average Bonchev–Trinajstić information content (AvgIpc) is 3.26. The Hall–Kier alpha value is -3.45. The van der Waals surface area contributed by atoms with Crippen LogP contribution in [0.1, 0.15) is 43.6 Å². The number of ether oxygens (including phenoxy) is 1. The molecule has 0 saturated carbocycles. The number of ketones is 1. The molecule has 4 rings (SSSR count). The van der Waals surface area contributed by atoms with E-state index in [2.05, 4.69) is 31.0 Å². The number of rotatable bonds is 7. The van der Waals surface area contributed by atoms with Crippen LogP contribution in [0.4, 0.5) is 4.39 Å². The summed E-state index contributed by atoms with van der Waals surface area (Å²) in [5.41, 5.74) is 2.88. The minimum atomic E-state index is -0.450. The molecule has 1 atom stereocenters. The van der Waals surface area contributed by atoms with Gasteiger partial charge in [-0.1, -0.05) is 68.9 Å². The number of halogens is 1. The predicted molar refractivity (Wildman–Crippen MR) is 138 cm³/mol. The lowest BCUT2D eigenvalue weighted by Gasteiger charge is -2.19. The third-order valence-corrected chi connectivity index (χ3v) is 6.80. The molecule has 4 aromatic rings. The molecule has 7 heteroatoms. The van der Waals surface area contributed by atoms with Gasteiger partial charge in [-0.15, -0.1) is 10.2 Å². The van der Waals surface area contributed by atoms with E-state index in [4.69, 9.17) is 4.74 Å². The number of aromatic nitrogens is 3. The van der Waals surface area contributed by atoms with Crippen LogP contribution in [0, 0.1) is 5.82 Å².